The van der Waals surface area contributed by atoms with Gasteiger partial charge in [0.2, 0.25) is 0 Å². The molecule has 2 N–H and O–H groups in total. The molecule has 1 aliphatic heterocycles. The SMILES string of the molecule is NS(=O)(=O)N1CCN(Cc2cccc(F)c2)CC1. The smallest absolute Gasteiger partial charge is 0.276 e. The van der Waals surface area contributed by atoms with Gasteiger partial charge in [-0.3, -0.25) is 4.90 Å². The van der Waals surface area contributed by atoms with Crippen LogP contribution in [0.1, 0.15) is 5.56 Å². The van der Waals surface area contributed by atoms with Crippen LogP contribution in [0.4, 0.5) is 4.39 Å². The molecule has 1 aromatic carbocycles. The van der Waals surface area contributed by atoms with E-state index in [4.69, 9.17) is 5.14 Å². The van der Waals surface area contributed by atoms with Gasteiger partial charge in [-0.1, -0.05) is 12.1 Å². The third-order valence-corrected chi connectivity index (χ3v) is 4.07. The molecule has 0 unspecified atom stereocenters. The van der Waals surface area contributed by atoms with E-state index in [9.17, 15) is 12.8 Å². The van der Waals surface area contributed by atoms with Gasteiger partial charge in [-0.25, -0.2) is 9.53 Å². The lowest BCUT2D eigenvalue weighted by molar-refractivity contribution is 0.181. The van der Waals surface area contributed by atoms with Crippen molar-refractivity contribution in [3.63, 3.8) is 0 Å². The summed E-state index contributed by atoms with van der Waals surface area (Å²) in [7, 11) is -3.58. The van der Waals surface area contributed by atoms with Gasteiger partial charge < -0.3 is 0 Å². The minimum atomic E-state index is -3.58. The Hall–Kier alpha value is -1.02. The Bertz CT molecular complexity index is 513. The van der Waals surface area contributed by atoms with Crippen molar-refractivity contribution in [1.82, 2.24) is 9.21 Å². The number of hydrogen-bond donors (Lipinski definition) is 1. The quantitative estimate of drug-likeness (QED) is 0.852. The molecule has 1 saturated heterocycles. The predicted octanol–water partition coefficient (Wildman–Crippen LogP) is 0.147. The third-order valence-electron chi connectivity index (χ3n) is 2.99. The van der Waals surface area contributed by atoms with Crippen LogP contribution in [-0.4, -0.2) is 43.8 Å². The molecule has 0 spiro atoms. The van der Waals surface area contributed by atoms with Crippen molar-refractivity contribution < 1.29 is 12.8 Å². The fourth-order valence-electron chi connectivity index (χ4n) is 2.04. The summed E-state index contributed by atoms with van der Waals surface area (Å²) in [5.74, 6) is -0.254. The second-order valence-corrected chi connectivity index (χ2v) is 5.90. The Morgan fingerprint density at radius 1 is 1.22 bits per heavy atom. The van der Waals surface area contributed by atoms with E-state index in [1.54, 1.807) is 6.07 Å². The molecule has 2 rings (SSSR count). The molecule has 0 atom stereocenters. The summed E-state index contributed by atoms with van der Waals surface area (Å²) in [5, 5.41) is 5.06. The van der Waals surface area contributed by atoms with Gasteiger partial charge in [0.25, 0.3) is 10.2 Å². The van der Waals surface area contributed by atoms with Crippen LogP contribution >= 0.6 is 0 Å². The first-order valence-corrected chi connectivity index (χ1v) is 7.20. The number of piperazine rings is 1. The maximum atomic E-state index is 13.0. The van der Waals surface area contributed by atoms with Crippen LogP contribution in [0.3, 0.4) is 0 Å². The highest BCUT2D eigenvalue weighted by Gasteiger charge is 2.23. The zero-order chi connectivity index (χ0) is 13.2. The minimum absolute atomic E-state index is 0.254. The molecule has 1 aliphatic rings. The average Bonchev–Trinajstić information content (AvgIpc) is 2.28. The summed E-state index contributed by atoms with van der Waals surface area (Å²) in [5.41, 5.74) is 0.888. The predicted molar refractivity (Wildman–Crippen MR) is 66.4 cm³/mol. The molecule has 0 bridgehead atoms. The highest BCUT2D eigenvalue weighted by atomic mass is 32.2. The van der Waals surface area contributed by atoms with Crippen LogP contribution in [0.15, 0.2) is 24.3 Å². The van der Waals surface area contributed by atoms with Crippen molar-refractivity contribution in [3.05, 3.63) is 35.6 Å². The van der Waals surface area contributed by atoms with Gasteiger partial charge in [-0.15, -0.1) is 0 Å². The summed E-state index contributed by atoms with van der Waals surface area (Å²) in [4.78, 5) is 2.08. The Morgan fingerprint density at radius 3 is 2.44 bits per heavy atom. The zero-order valence-corrected chi connectivity index (χ0v) is 10.7. The Balaban J connectivity index is 1.91. The van der Waals surface area contributed by atoms with Crippen LogP contribution in [-0.2, 0) is 16.8 Å². The fourth-order valence-corrected chi connectivity index (χ4v) is 2.71. The number of hydrogen-bond acceptors (Lipinski definition) is 3. The van der Waals surface area contributed by atoms with E-state index in [2.05, 4.69) is 4.90 Å². The second-order valence-electron chi connectivity index (χ2n) is 4.35. The maximum Gasteiger partial charge on any atom is 0.276 e. The van der Waals surface area contributed by atoms with Crippen molar-refractivity contribution in [3.8, 4) is 0 Å². The van der Waals surface area contributed by atoms with Crippen molar-refractivity contribution in [2.45, 2.75) is 6.54 Å². The number of benzene rings is 1. The summed E-state index contributed by atoms with van der Waals surface area (Å²) in [6.45, 7) is 2.60. The molecule has 5 nitrogen and oxygen atoms in total. The molecular weight excluding hydrogens is 257 g/mol. The Kier molecular flexibility index (Phi) is 3.96. The Morgan fingerprint density at radius 2 is 1.89 bits per heavy atom. The lowest BCUT2D eigenvalue weighted by atomic mass is 10.2. The summed E-state index contributed by atoms with van der Waals surface area (Å²) >= 11 is 0. The highest BCUT2D eigenvalue weighted by Crippen LogP contribution is 2.10. The first kappa shape index (κ1) is 13.4. The van der Waals surface area contributed by atoms with Crippen molar-refractivity contribution >= 4 is 10.2 Å². The van der Waals surface area contributed by atoms with Gasteiger partial charge >= 0.3 is 0 Å². The topological polar surface area (TPSA) is 66.6 Å². The average molecular weight is 273 g/mol. The molecular formula is C11H16FN3O2S. The molecule has 0 amide bonds. The molecule has 100 valence electrons. The molecule has 1 aromatic rings. The molecule has 1 fully saturated rings. The molecule has 0 aliphatic carbocycles. The largest absolute Gasteiger partial charge is 0.296 e. The van der Waals surface area contributed by atoms with E-state index >= 15 is 0 Å². The van der Waals surface area contributed by atoms with Gasteiger partial charge in [0.05, 0.1) is 0 Å². The first-order valence-electron chi connectivity index (χ1n) is 5.70. The Labute approximate surface area is 106 Å². The van der Waals surface area contributed by atoms with Gasteiger partial charge in [0, 0.05) is 32.7 Å². The molecule has 7 heteroatoms. The van der Waals surface area contributed by atoms with E-state index in [0.29, 0.717) is 32.7 Å². The molecule has 18 heavy (non-hydrogen) atoms. The monoisotopic (exact) mass is 273 g/mol. The summed E-state index contributed by atoms with van der Waals surface area (Å²) < 4.78 is 36.5. The summed E-state index contributed by atoms with van der Waals surface area (Å²) in [6.07, 6.45) is 0. The fraction of sp³-hybridized carbons (Fsp3) is 0.455. The molecule has 0 aromatic heterocycles. The van der Waals surface area contributed by atoms with Gasteiger partial charge in [-0.05, 0) is 17.7 Å². The first-order chi connectivity index (χ1) is 8.45. The minimum Gasteiger partial charge on any atom is -0.296 e. The van der Waals surface area contributed by atoms with Crippen molar-refractivity contribution in [2.75, 3.05) is 26.2 Å². The van der Waals surface area contributed by atoms with Crippen LogP contribution < -0.4 is 5.14 Å². The van der Waals surface area contributed by atoms with E-state index in [0.717, 1.165) is 5.56 Å². The second kappa shape index (κ2) is 5.31. The maximum absolute atomic E-state index is 13.0. The van der Waals surface area contributed by atoms with Gasteiger partial charge in [0.15, 0.2) is 0 Å². The van der Waals surface area contributed by atoms with E-state index < -0.39 is 10.2 Å². The lowest BCUT2D eigenvalue weighted by Crippen LogP contribution is -2.50. The van der Waals surface area contributed by atoms with Crippen LogP contribution in [0, 0.1) is 5.82 Å². The third kappa shape index (κ3) is 3.49. The van der Waals surface area contributed by atoms with Crippen LogP contribution in [0.2, 0.25) is 0 Å². The van der Waals surface area contributed by atoms with E-state index in [-0.39, 0.29) is 5.82 Å². The lowest BCUT2D eigenvalue weighted by Gasteiger charge is -2.32. The normalized spacial score (nSPS) is 19.0. The summed E-state index contributed by atoms with van der Waals surface area (Å²) in [6, 6.07) is 6.43. The van der Waals surface area contributed by atoms with E-state index in [1.165, 1.54) is 16.4 Å². The van der Waals surface area contributed by atoms with Crippen LogP contribution in [0.5, 0.6) is 0 Å². The van der Waals surface area contributed by atoms with Gasteiger partial charge in [-0.2, -0.15) is 12.7 Å². The number of nitrogens with zero attached hydrogens (tertiary/aromatic N) is 2. The highest BCUT2D eigenvalue weighted by molar-refractivity contribution is 7.86. The zero-order valence-electron chi connectivity index (χ0n) is 9.92. The number of nitrogens with two attached hydrogens (primary N) is 1. The van der Waals surface area contributed by atoms with Gasteiger partial charge in [0.1, 0.15) is 5.82 Å². The van der Waals surface area contributed by atoms with Crippen molar-refractivity contribution in [2.24, 2.45) is 5.14 Å². The standard InChI is InChI=1S/C11H16FN3O2S/c12-11-3-1-2-10(8-11)9-14-4-6-15(7-5-14)18(13,16)17/h1-3,8H,4-7,9H2,(H2,13,16,17). The molecule has 1 heterocycles. The molecule has 0 radical (unpaired) electrons. The van der Waals surface area contributed by atoms with E-state index in [1.807, 2.05) is 6.07 Å². The number of halogens is 1. The molecule has 0 saturated carbocycles. The number of rotatable bonds is 3. The van der Waals surface area contributed by atoms with Crippen LogP contribution in [0.25, 0.3) is 0 Å². The van der Waals surface area contributed by atoms with Crippen molar-refractivity contribution in [1.29, 1.82) is 0 Å².